The summed E-state index contributed by atoms with van der Waals surface area (Å²) in [6, 6.07) is 11.3. The highest BCUT2D eigenvalue weighted by molar-refractivity contribution is 7.88. The molecule has 10 heteroatoms. The minimum Gasteiger partial charge on any atom is -0.492 e. The summed E-state index contributed by atoms with van der Waals surface area (Å²) in [5.74, 6) is 0.111. The van der Waals surface area contributed by atoms with Crippen LogP contribution in [0.1, 0.15) is 25.5 Å². The molecule has 0 radical (unpaired) electrons. The normalized spacial score (nSPS) is 17.4. The number of para-hydroxylation sites is 1. The minimum atomic E-state index is -3.35. The zero-order valence-electron chi connectivity index (χ0n) is 18.1. The maximum Gasteiger partial charge on any atom is 0.233 e. The number of carbonyl (C=O) groups is 1. The number of aromatic nitrogens is 2. The summed E-state index contributed by atoms with van der Waals surface area (Å²) in [7, 11) is -3.35. The molecule has 32 heavy (non-hydrogen) atoms. The van der Waals surface area contributed by atoms with Crippen molar-refractivity contribution in [3.05, 3.63) is 48.3 Å². The average Bonchev–Trinajstić information content (AvgIpc) is 3.22. The van der Waals surface area contributed by atoms with E-state index >= 15 is 0 Å². The van der Waals surface area contributed by atoms with Crippen molar-refractivity contribution < 1.29 is 17.9 Å². The van der Waals surface area contributed by atoms with Gasteiger partial charge in [-0.3, -0.25) is 14.7 Å². The second-order valence-electron chi connectivity index (χ2n) is 7.74. The summed E-state index contributed by atoms with van der Waals surface area (Å²) >= 11 is 1.42. The zero-order chi connectivity index (χ0) is 22.7. The number of pyridine rings is 1. The molecule has 8 nitrogen and oxygen atoms in total. The predicted molar refractivity (Wildman–Crippen MR) is 125 cm³/mol. The fourth-order valence-corrected chi connectivity index (χ4v) is 5.76. The molecule has 0 N–H and O–H groups in total. The molecule has 1 aromatic carbocycles. The Bertz CT molecular complexity index is 1200. The number of piperidine rings is 1. The van der Waals surface area contributed by atoms with Crippen molar-refractivity contribution in [3.8, 4) is 5.75 Å². The quantitative estimate of drug-likeness (QED) is 0.522. The number of hydrogen-bond acceptors (Lipinski definition) is 7. The van der Waals surface area contributed by atoms with Crippen molar-refractivity contribution in [2.24, 2.45) is 5.92 Å². The Kier molecular flexibility index (Phi) is 6.73. The van der Waals surface area contributed by atoms with Crippen LogP contribution in [0, 0.1) is 5.92 Å². The molecule has 0 spiro atoms. The van der Waals surface area contributed by atoms with E-state index in [-0.39, 0.29) is 19.0 Å². The molecular weight excluding hydrogens is 448 g/mol. The summed E-state index contributed by atoms with van der Waals surface area (Å²) in [5.41, 5.74) is 1.45. The van der Waals surface area contributed by atoms with Gasteiger partial charge in [-0.25, -0.2) is 17.7 Å². The van der Waals surface area contributed by atoms with Crippen molar-refractivity contribution in [1.29, 1.82) is 0 Å². The van der Waals surface area contributed by atoms with Gasteiger partial charge in [0.15, 0.2) is 5.13 Å². The van der Waals surface area contributed by atoms with Crippen LogP contribution in [0.25, 0.3) is 10.2 Å². The van der Waals surface area contributed by atoms with Gasteiger partial charge in [0, 0.05) is 19.3 Å². The first kappa shape index (κ1) is 22.6. The van der Waals surface area contributed by atoms with Gasteiger partial charge in [-0.05, 0) is 44.0 Å². The van der Waals surface area contributed by atoms with Gasteiger partial charge in [-0.1, -0.05) is 23.5 Å². The van der Waals surface area contributed by atoms with Crippen LogP contribution < -0.4 is 9.64 Å². The molecule has 170 valence electrons. The lowest BCUT2D eigenvalue weighted by Crippen LogP contribution is -2.46. The summed E-state index contributed by atoms with van der Waals surface area (Å²) in [4.78, 5) is 24.4. The van der Waals surface area contributed by atoms with Gasteiger partial charge < -0.3 is 4.74 Å². The topological polar surface area (TPSA) is 92.7 Å². The van der Waals surface area contributed by atoms with E-state index in [1.54, 1.807) is 11.1 Å². The standard InChI is InChI=1S/C22H26N4O4S2/c1-3-30-18-10-6-11-19-20(18)24-22(31-19)26(15-17-9-4-5-12-23-17)21(27)16-8-7-13-25(14-16)32(2,28)29/h4-6,9-12,16H,3,7-8,13-15H2,1-2H3/t16-/m1/s1. The van der Waals surface area contributed by atoms with E-state index in [4.69, 9.17) is 9.72 Å². The Morgan fingerprint density at radius 2 is 2.12 bits per heavy atom. The number of sulfonamides is 1. The number of fused-ring (bicyclic) bond motifs is 1. The summed E-state index contributed by atoms with van der Waals surface area (Å²) in [5, 5.41) is 0.555. The smallest absolute Gasteiger partial charge is 0.233 e. The average molecular weight is 475 g/mol. The fourth-order valence-electron chi connectivity index (χ4n) is 3.86. The fraction of sp³-hybridized carbons (Fsp3) is 0.409. The molecular formula is C22H26N4O4S2. The largest absolute Gasteiger partial charge is 0.492 e. The first-order valence-corrected chi connectivity index (χ1v) is 13.2. The molecule has 3 heterocycles. The lowest BCUT2D eigenvalue weighted by atomic mass is 9.98. The second-order valence-corrected chi connectivity index (χ2v) is 10.7. The third-order valence-corrected chi connectivity index (χ3v) is 7.73. The van der Waals surface area contributed by atoms with Crippen LogP contribution in [0.5, 0.6) is 5.75 Å². The molecule has 0 bridgehead atoms. The highest BCUT2D eigenvalue weighted by atomic mass is 32.2. The number of rotatable bonds is 7. The molecule has 1 aliphatic heterocycles. The third kappa shape index (κ3) is 4.92. The highest BCUT2D eigenvalue weighted by Crippen LogP contribution is 2.36. The van der Waals surface area contributed by atoms with Gasteiger partial charge >= 0.3 is 0 Å². The Labute approximate surface area is 191 Å². The van der Waals surface area contributed by atoms with E-state index in [1.807, 2.05) is 43.3 Å². The summed E-state index contributed by atoms with van der Waals surface area (Å²) in [6.45, 7) is 3.33. The molecule has 0 saturated carbocycles. The Morgan fingerprint density at radius 3 is 2.84 bits per heavy atom. The molecule has 1 saturated heterocycles. The van der Waals surface area contributed by atoms with E-state index in [0.29, 0.717) is 36.9 Å². The van der Waals surface area contributed by atoms with Gasteiger partial charge in [0.25, 0.3) is 0 Å². The minimum absolute atomic E-state index is 0.138. The Hall–Kier alpha value is -2.56. The number of hydrogen-bond donors (Lipinski definition) is 0. The lowest BCUT2D eigenvalue weighted by molar-refractivity contribution is -0.123. The zero-order valence-corrected chi connectivity index (χ0v) is 19.7. The van der Waals surface area contributed by atoms with Crippen LogP contribution in [0.15, 0.2) is 42.6 Å². The molecule has 4 rings (SSSR count). The lowest BCUT2D eigenvalue weighted by Gasteiger charge is -2.32. The highest BCUT2D eigenvalue weighted by Gasteiger charge is 2.34. The number of ether oxygens (including phenoxy) is 1. The number of carbonyl (C=O) groups excluding carboxylic acids is 1. The van der Waals surface area contributed by atoms with Crippen molar-refractivity contribution in [3.63, 3.8) is 0 Å². The molecule has 1 atom stereocenters. The number of thiazole rings is 1. The van der Waals surface area contributed by atoms with Crippen molar-refractivity contribution >= 4 is 42.6 Å². The molecule has 0 aliphatic carbocycles. The number of benzene rings is 1. The van der Waals surface area contributed by atoms with Crippen LogP contribution in [0.2, 0.25) is 0 Å². The van der Waals surface area contributed by atoms with Crippen molar-refractivity contribution in [2.75, 3.05) is 30.9 Å². The van der Waals surface area contributed by atoms with Crippen molar-refractivity contribution in [2.45, 2.75) is 26.3 Å². The number of anilines is 1. The van der Waals surface area contributed by atoms with Gasteiger partial charge in [0.1, 0.15) is 11.3 Å². The monoisotopic (exact) mass is 474 g/mol. The third-order valence-electron chi connectivity index (χ3n) is 5.42. The van der Waals surface area contributed by atoms with Gasteiger partial charge in [-0.2, -0.15) is 0 Å². The molecule has 2 aromatic heterocycles. The van der Waals surface area contributed by atoms with Crippen LogP contribution in [0.4, 0.5) is 5.13 Å². The van der Waals surface area contributed by atoms with E-state index in [9.17, 15) is 13.2 Å². The van der Waals surface area contributed by atoms with Gasteiger partial charge in [-0.15, -0.1) is 0 Å². The first-order valence-electron chi connectivity index (χ1n) is 10.6. The summed E-state index contributed by atoms with van der Waals surface area (Å²) < 4.78 is 32.2. The molecule has 3 aromatic rings. The Balaban J connectivity index is 1.70. The first-order chi connectivity index (χ1) is 15.4. The molecule has 1 aliphatic rings. The molecule has 1 fully saturated rings. The van der Waals surface area contributed by atoms with Crippen LogP contribution in [-0.4, -0.2) is 54.6 Å². The number of amides is 1. The van der Waals surface area contributed by atoms with E-state index in [1.165, 1.54) is 21.9 Å². The van der Waals surface area contributed by atoms with E-state index in [0.717, 1.165) is 15.9 Å². The summed E-state index contributed by atoms with van der Waals surface area (Å²) in [6.07, 6.45) is 4.16. The maximum atomic E-state index is 13.7. The van der Waals surface area contributed by atoms with Crippen LogP contribution in [-0.2, 0) is 21.4 Å². The molecule has 0 unspecified atom stereocenters. The van der Waals surface area contributed by atoms with Crippen LogP contribution >= 0.6 is 11.3 Å². The van der Waals surface area contributed by atoms with Gasteiger partial charge in [0.05, 0.1) is 35.7 Å². The van der Waals surface area contributed by atoms with Gasteiger partial charge in [0.2, 0.25) is 15.9 Å². The molecule has 1 amide bonds. The Morgan fingerprint density at radius 1 is 1.28 bits per heavy atom. The SMILES string of the molecule is CCOc1cccc2sc(N(Cc3ccccn3)C(=O)[C@@H]3CCCN(S(C)(=O)=O)C3)nc12. The maximum absolute atomic E-state index is 13.7. The van der Waals surface area contributed by atoms with E-state index in [2.05, 4.69) is 4.98 Å². The van der Waals surface area contributed by atoms with Crippen LogP contribution in [0.3, 0.4) is 0 Å². The van der Waals surface area contributed by atoms with E-state index < -0.39 is 15.9 Å². The van der Waals surface area contributed by atoms with Crippen molar-refractivity contribution in [1.82, 2.24) is 14.3 Å². The predicted octanol–water partition coefficient (Wildman–Crippen LogP) is 3.29. The second kappa shape index (κ2) is 9.51. The number of nitrogens with zero attached hydrogens (tertiary/aromatic N) is 4.